The van der Waals surface area contributed by atoms with Crippen LogP contribution < -0.4 is 16.6 Å². The highest BCUT2D eigenvalue weighted by Crippen LogP contribution is 2.17. The highest BCUT2D eigenvalue weighted by atomic mass is 19.1. The van der Waals surface area contributed by atoms with Crippen LogP contribution in [-0.2, 0) is 0 Å². The average Bonchev–Trinajstić information content (AvgIpc) is 2.42. The number of nitrogens with one attached hydrogen (secondary N) is 2. The van der Waals surface area contributed by atoms with Gasteiger partial charge < -0.3 is 10.7 Å². The minimum absolute atomic E-state index is 0.145. The number of hydrogen-bond donors (Lipinski definition) is 3. The molecule has 4 N–H and O–H groups in total. The summed E-state index contributed by atoms with van der Waals surface area (Å²) in [7, 11) is 0. The Kier molecular flexibility index (Phi) is 3.95. The molecule has 1 heterocycles. The number of hydrogen-bond acceptors (Lipinski definition) is 4. The second-order valence-corrected chi connectivity index (χ2v) is 4.46. The quantitative estimate of drug-likeness (QED) is 0.593. The van der Waals surface area contributed by atoms with Crippen LogP contribution >= 0.6 is 0 Å². The van der Waals surface area contributed by atoms with Crippen LogP contribution in [0.15, 0.2) is 30.3 Å². The van der Waals surface area contributed by atoms with Crippen LogP contribution in [0.5, 0.6) is 0 Å². The van der Waals surface area contributed by atoms with Gasteiger partial charge in [-0.1, -0.05) is 6.07 Å². The zero-order valence-corrected chi connectivity index (χ0v) is 11.2. The Morgan fingerprint density at radius 1 is 1.25 bits per heavy atom. The zero-order valence-electron chi connectivity index (χ0n) is 11.2. The average molecular weight is 274 g/mol. The number of carbonyl (C=O) groups is 1. The molecule has 0 aliphatic carbocycles. The van der Waals surface area contributed by atoms with Crippen LogP contribution in [0.2, 0.25) is 0 Å². The van der Waals surface area contributed by atoms with Crippen molar-refractivity contribution >= 4 is 17.4 Å². The van der Waals surface area contributed by atoms with Crippen molar-refractivity contribution in [2.45, 2.75) is 13.8 Å². The molecule has 2 rings (SSSR count). The molecule has 2 aromatic rings. The first kappa shape index (κ1) is 14.0. The fourth-order valence-corrected chi connectivity index (χ4v) is 1.80. The van der Waals surface area contributed by atoms with Crippen molar-refractivity contribution in [2.24, 2.45) is 5.84 Å². The van der Waals surface area contributed by atoms with E-state index in [1.54, 1.807) is 25.1 Å². The van der Waals surface area contributed by atoms with Crippen molar-refractivity contribution in [3.8, 4) is 0 Å². The molecule has 0 bridgehead atoms. The lowest BCUT2D eigenvalue weighted by Crippen LogP contribution is -2.15. The number of amides is 1. The molecule has 6 heteroatoms. The number of nitrogen functional groups attached to an aromatic ring is 1. The molecule has 1 amide bonds. The first-order valence-corrected chi connectivity index (χ1v) is 6.02. The smallest absolute Gasteiger partial charge is 0.255 e. The third-order valence-corrected chi connectivity index (χ3v) is 2.73. The molecule has 0 unspecified atom stereocenters. The summed E-state index contributed by atoms with van der Waals surface area (Å²) in [6.07, 6.45) is 0. The maximum absolute atomic E-state index is 13.6. The lowest BCUT2D eigenvalue weighted by molar-refractivity contribution is 0.102. The highest BCUT2D eigenvalue weighted by molar-refractivity contribution is 6.04. The lowest BCUT2D eigenvalue weighted by atomic mass is 10.2. The van der Waals surface area contributed by atoms with Crippen molar-refractivity contribution in [3.05, 3.63) is 53.0 Å². The first-order chi connectivity index (χ1) is 9.49. The SMILES string of the molecule is Cc1ccc(F)c(NC(=O)c2cc(C)nc(NN)c2)c1. The molecule has 0 atom stereocenters. The number of carbonyl (C=O) groups excluding carboxylic acids is 1. The second-order valence-electron chi connectivity index (χ2n) is 4.46. The Bertz CT molecular complexity index is 658. The van der Waals surface area contributed by atoms with Crippen LogP contribution in [0.4, 0.5) is 15.9 Å². The molecule has 5 nitrogen and oxygen atoms in total. The minimum Gasteiger partial charge on any atom is -0.319 e. The summed E-state index contributed by atoms with van der Waals surface area (Å²) < 4.78 is 13.6. The summed E-state index contributed by atoms with van der Waals surface area (Å²) in [4.78, 5) is 16.2. The molecule has 0 aliphatic rings. The lowest BCUT2D eigenvalue weighted by Gasteiger charge is -2.09. The topological polar surface area (TPSA) is 80.0 Å². The molecule has 0 radical (unpaired) electrons. The summed E-state index contributed by atoms with van der Waals surface area (Å²) in [5, 5.41) is 2.54. The van der Waals surface area contributed by atoms with Crippen molar-refractivity contribution in [1.82, 2.24) is 4.98 Å². The van der Waals surface area contributed by atoms with Crippen molar-refractivity contribution in [3.63, 3.8) is 0 Å². The van der Waals surface area contributed by atoms with E-state index in [-0.39, 0.29) is 5.69 Å². The van der Waals surface area contributed by atoms with Crippen molar-refractivity contribution < 1.29 is 9.18 Å². The summed E-state index contributed by atoms with van der Waals surface area (Å²) in [6.45, 7) is 3.56. The number of nitrogens with two attached hydrogens (primary N) is 1. The normalized spacial score (nSPS) is 10.2. The predicted octanol–water partition coefficient (Wildman–Crippen LogP) is 2.38. The van der Waals surface area contributed by atoms with Crippen LogP contribution in [0.1, 0.15) is 21.6 Å². The van der Waals surface area contributed by atoms with Gasteiger partial charge in [0.25, 0.3) is 5.91 Å². The molecule has 0 saturated heterocycles. The number of nitrogens with zero attached hydrogens (tertiary/aromatic N) is 1. The van der Waals surface area contributed by atoms with Gasteiger partial charge in [-0.25, -0.2) is 15.2 Å². The molecule has 0 aliphatic heterocycles. The maximum atomic E-state index is 13.6. The second kappa shape index (κ2) is 5.66. The van der Waals surface area contributed by atoms with E-state index in [1.807, 2.05) is 6.92 Å². The summed E-state index contributed by atoms with van der Waals surface area (Å²) in [5.74, 6) is 4.76. The Labute approximate surface area is 116 Å². The van der Waals surface area contributed by atoms with E-state index in [9.17, 15) is 9.18 Å². The minimum atomic E-state index is -0.480. The van der Waals surface area contributed by atoms with Crippen LogP contribution in [0.3, 0.4) is 0 Å². The summed E-state index contributed by atoms with van der Waals surface area (Å²) in [6, 6.07) is 7.62. The number of anilines is 2. The van der Waals surface area contributed by atoms with Crippen molar-refractivity contribution in [1.29, 1.82) is 0 Å². The van der Waals surface area contributed by atoms with E-state index in [4.69, 9.17) is 5.84 Å². The van der Waals surface area contributed by atoms with Gasteiger partial charge >= 0.3 is 0 Å². The zero-order chi connectivity index (χ0) is 14.7. The van der Waals surface area contributed by atoms with Gasteiger partial charge in [0, 0.05) is 11.3 Å². The van der Waals surface area contributed by atoms with Gasteiger partial charge in [0.05, 0.1) is 5.69 Å². The van der Waals surface area contributed by atoms with Gasteiger partial charge in [-0.2, -0.15) is 0 Å². The van der Waals surface area contributed by atoms with Crippen LogP contribution in [0, 0.1) is 19.7 Å². The Morgan fingerprint density at radius 3 is 2.70 bits per heavy atom. The maximum Gasteiger partial charge on any atom is 0.255 e. The van der Waals surface area contributed by atoms with E-state index in [1.165, 1.54) is 12.1 Å². The van der Waals surface area contributed by atoms with Crippen LogP contribution in [0.25, 0.3) is 0 Å². The molecular weight excluding hydrogens is 259 g/mol. The fraction of sp³-hybridized carbons (Fsp3) is 0.143. The van der Waals surface area contributed by atoms with E-state index >= 15 is 0 Å². The molecule has 1 aromatic heterocycles. The molecule has 0 saturated carbocycles. The van der Waals surface area contributed by atoms with Gasteiger partial charge in [-0.15, -0.1) is 0 Å². The van der Waals surface area contributed by atoms with E-state index < -0.39 is 11.7 Å². The number of hydrazine groups is 1. The van der Waals surface area contributed by atoms with E-state index in [0.717, 1.165) is 5.56 Å². The Balaban J connectivity index is 2.28. The largest absolute Gasteiger partial charge is 0.319 e. The van der Waals surface area contributed by atoms with Gasteiger partial charge in [-0.3, -0.25) is 4.79 Å². The predicted molar refractivity (Wildman–Crippen MR) is 75.9 cm³/mol. The van der Waals surface area contributed by atoms with Gasteiger partial charge in [0.15, 0.2) is 0 Å². The molecule has 104 valence electrons. The molecular formula is C14H15FN4O. The summed E-state index contributed by atoms with van der Waals surface area (Å²) in [5.41, 5.74) is 4.37. The number of benzene rings is 1. The fourth-order valence-electron chi connectivity index (χ4n) is 1.80. The number of aryl methyl sites for hydroxylation is 2. The monoisotopic (exact) mass is 274 g/mol. The highest BCUT2D eigenvalue weighted by Gasteiger charge is 2.11. The molecule has 0 fully saturated rings. The third-order valence-electron chi connectivity index (χ3n) is 2.73. The Morgan fingerprint density at radius 2 is 2.00 bits per heavy atom. The molecule has 1 aromatic carbocycles. The number of rotatable bonds is 3. The van der Waals surface area contributed by atoms with E-state index in [0.29, 0.717) is 17.1 Å². The number of pyridine rings is 1. The standard InChI is InChI=1S/C14H15FN4O/c1-8-3-4-11(15)12(5-8)18-14(20)10-6-9(2)17-13(7-10)19-16/h3-7H,16H2,1-2H3,(H,17,19)(H,18,20). The van der Waals surface area contributed by atoms with Gasteiger partial charge in [0.2, 0.25) is 0 Å². The first-order valence-electron chi connectivity index (χ1n) is 6.02. The Hall–Kier alpha value is -2.47. The van der Waals surface area contributed by atoms with Crippen LogP contribution in [-0.4, -0.2) is 10.9 Å². The van der Waals surface area contributed by atoms with Gasteiger partial charge in [0.1, 0.15) is 11.6 Å². The number of aromatic nitrogens is 1. The number of halogens is 1. The molecule has 0 spiro atoms. The van der Waals surface area contributed by atoms with Gasteiger partial charge in [-0.05, 0) is 43.7 Å². The third kappa shape index (κ3) is 3.10. The molecule has 20 heavy (non-hydrogen) atoms. The summed E-state index contributed by atoms with van der Waals surface area (Å²) >= 11 is 0. The van der Waals surface area contributed by atoms with E-state index in [2.05, 4.69) is 15.7 Å². The van der Waals surface area contributed by atoms with Crippen molar-refractivity contribution in [2.75, 3.05) is 10.7 Å².